The predicted molar refractivity (Wildman–Crippen MR) is 97.2 cm³/mol. The van der Waals surface area contributed by atoms with Crippen LogP contribution in [0.2, 0.25) is 0 Å². The molecule has 1 saturated carbocycles. The molecule has 134 valence electrons. The molecule has 1 aliphatic carbocycles. The lowest BCUT2D eigenvalue weighted by Gasteiger charge is -2.36. The third-order valence-electron chi connectivity index (χ3n) is 5.12. The molecule has 0 aromatic heterocycles. The van der Waals surface area contributed by atoms with Crippen LogP contribution in [0.5, 0.6) is 0 Å². The SMILES string of the molecule is CCOCCOCC1(CCCCc2ccccc2)CCC(=O)CC1. The van der Waals surface area contributed by atoms with Crippen LogP contribution in [0.3, 0.4) is 0 Å². The normalized spacial score (nSPS) is 17.1. The largest absolute Gasteiger partial charge is 0.379 e. The lowest BCUT2D eigenvalue weighted by molar-refractivity contribution is -0.124. The molecular formula is C21H32O3. The van der Waals surface area contributed by atoms with E-state index >= 15 is 0 Å². The van der Waals surface area contributed by atoms with Crippen LogP contribution >= 0.6 is 0 Å². The summed E-state index contributed by atoms with van der Waals surface area (Å²) in [4.78, 5) is 11.6. The minimum absolute atomic E-state index is 0.205. The van der Waals surface area contributed by atoms with E-state index in [1.807, 2.05) is 6.92 Å². The van der Waals surface area contributed by atoms with E-state index in [1.54, 1.807) is 0 Å². The Morgan fingerprint density at radius 2 is 1.71 bits per heavy atom. The van der Waals surface area contributed by atoms with Gasteiger partial charge in [0.1, 0.15) is 5.78 Å². The summed E-state index contributed by atoms with van der Waals surface area (Å²) in [5.41, 5.74) is 1.62. The molecule has 1 aromatic carbocycles. The summed E-state index contributed by atoms with van der Waals surface area (Å²) in [7, 11) is 0. The molecule has 0 saturated heterocycles. The molecule has 3 heteroatoms. The molecule has 0 spiro atoms. The molecule has 0 atom stereocenters. The van der Waals surface area contributed by atoms with Crippen LogP contribution in [0.1, 0.15) is 57.4 Å². The van der Waals surface area contributed by atoms with Crippen molar-refractivity contribution in [3.63, 3.8) is 0 Å². The lowest BCUT2D eigenvalue weighted by atomic mass is 9.71. The molecule has 0 bridgehead atoms. The number of Topliss-reactive ketones (excluding diaryl/α,β-unsaturated/α-hetero) is 1. The molecule has 0 unspecified atom stereocenters. The van der Waals surface area contributed by atoms with Gasteiger partial charge in [0.25, 0.3) is 0 Å². The number of hydrogen-bond donors (Lipinski definition) is 0. The monoisotopic (exact) mass is 332 g/mol. The molecule has 0 radical (unpaired) electrons. The Morgan fingerprint density at radius 1 is 1.00 bits per heavy atom. The van der Waals surface area contributed by atoms with Crippen molar-refractivity contribution in [2.24, 2.45) is 5.41 Å². The van der Waals surface area contributed by atoms with E-state index in [4.69, 9.17) is 9.47 Å². The van der Waals surface area contributed by atoms with E-state index in [0.717, 1.165) is 45.3 Å². The highest BCUT2D eigenvalue weighted by Crippen LogP contribution is 2.39. The van der Waals surface area contributed by atoms with Gasteiger partial charge in [0.05, 0.1) is 19.8 Å². The van der Waals surface area contributed by atoms with Crippen molar-refractivity contribution in [3.8, 4) is 0 Å². The second kappa shape index (κ2) is 10.6. The van der Waals surface area contributed by atoms with E-state index < -0.39 is 0 Å². The Balaban J connectivity index is 1.74. The zero-order valence-corrected chi connectivity index (χ0v) is 15.1. The summed E-state index contributed by atoms with van der Waals surface area (Å²) < 4.78 is 11.2. The number of carbonyl (C=O) groups excluding carboxylic acids is 1. The second-order valence-corrected chi connectivity index (χ2v) is 6.98. The highest BCUT2D eigenvalue weighted by Gasteiger charge is 2.34. The van der Waals surface area contributed by atoms with Gasteiger partial charge < -0.3 is 9.47 Å². The zero-order valence-electron chi connectivity index (χ0n) is 15.1. The van der Waals surface area contributed by atoms with Crippen LogP contribution < -0.4 is 0 Å². The van der Waals surface area contributed by atoms with Crippen molar-refractivity contribution in [2.75, 3.05) is 26.4 Å². The highest BCUT2D eigenvalue weighted by atomic mass is 16.5. The molecule has 3 nitrogen and oxygen atoms in total. The molecule has 0 heterocycles. The van der Waals surface area contributed by atoms with Crippen molar-refractivity contribution in [3.05, 3.63) is 35.9 Å². The van der Waals surface area contributed by atoms with Gasteiger partial charge in [0.15, 0.2) is 0 Å². The predicted octanol–water partition coefficient (Wildman–Crippen LogP) is 4.58. The molecular weight excluding hydrogens is 300 g/mol. The molecule has 1 aliphatic rings. The number of hydrogen-bond acceptors (Lipinski definition) is 3. The minimum atomic E-state index is 0.205. The smallest absolute Gasteiger partial charge is 0.132 e. The Labute approximate surface area is 146 Å². The minimum Gasteiger partial charge on any atom is -0.379 e. The van der Waals surface area contributed by atoms with Gasteiger partial charge in [-0.05, 0) is 50.0 Å². The highest BCUT2D eigenvalue weighted by molar-refractivity contribution is 5.79. The molecule has 0 amide bonds. The van der Waals surface area contributed by atoms with Gasteiger partial charge in [0.2, 0.25) is 0 Å². The number of carbonyl (C=O) groups is 1. The van der Waals surface area contributed by atoms with Crippen LogP contribution in [0.4, 0.5) is 0 Å². The summed E-state index contributed by atoms with van der Waals surface area (Å²) in [6.07, 6.45) is 8.16. The van der Waals surface area contributed by atoms with Gasteiger partial charge >= 0.3 is 0 Å². The zero-order chi connectivity index (χ0) is 17.1. The third-order valence-corrected chi connectivity index (χ3v) is 5.12. The maximum absolute atomic E-state index is 11.6. The summed E-state index contributed by atoms with van der Waals surface area (Å²) in [6.45, 7) is 4.84. The van der Waals surface area contributed by atoms with Crippen LogP contribution in [-0.2, 0) is 20.7 Å². The van der Waals surface area contributed by atoms with Gasteiger partial charge in [-0.3, -0.25) is 4.79 Å². The van der Waals surface area contributed by atoms with Gasteiger partial charge in [0, 0.05) is 19.4 Å². The van der Waals surface area contributed by atoms with Gasteiger partial charge in [-0.15, -0.1) is 0 Å². The number of rotatable bonds is 11. The maximum Gasteiger partial charge on any atom is 0.132 e. The average molecular weight is 332 g/mol. The summed E-state index contributed by atoms with van der Waals surface area (Å²) >= 11 is 0. The van der Waals surface area contributed by atoms with Crippen molar-refractivity contribution in [1.82, 2.24) is 0 Å². The molecule has 0 aliphatic heterocycles. The topological polar surface area (TPSA) is 35.5 Å². The molecule has 0 N–H and O–H groups in total. The first-order valence-corrected chi connectivity index (χ1v) is 9.45. The lowest BCUT2D eigenvalue weighted by Crippen LogP contribution is -2.33. The first kappa shape index (κ1) is 19.1. The second-order valence-electron chi connectivity index (χ2n) is 6.98. The number of aryl methyl sites for hydroxylation is 1. The summed E-state index contributed by atoms with van der Waals surface area (Å²) in [6, 6.07) is 10.7. The number of benzene rings is 1. The fourth-order valence-electron chi connectivity index (χ4n) is 3.55. The first-order chi connectivity index (χ1) is 11.7. The quantitative estimate of drug-likeness (QED) is 0.556. The first-order valence-electron chi connectivity index (χ1n) is 9.45. The summed E-state index contributed by atoms with van der Waals surface area (Å²) in [5, 5.41) is 0. The van der Waals surface area contributed by atoms with E-state index in [-0.39, 0.29) is 5.41 Å². The van der Waals surface area contributed by atoms with Crippen LogP contribution in [-0.4, -0.2) is 32.2 Å². The number of ether oxygens (including phenoxy) is 2. The maximum atomic E-state index is 11.6. The Hall–Kier alpha value is -1.19. The Bertz CT molecular complexity index is 459. The molecule has 1 aromatic rings. The van der Waals surface area contributed by atoms with E-state index in [1.165, 1.54) is 24.8 Å². The fraction of sp³-hybridized carbons (Fsp3) is 0.667. The Kier molecular flexibility index (Phi) is 8.48. The van der Waals surface area contributed by atoms with Crippen LogP contribution in [0, 0.1) is 5.41 Å². The molecule has 24 heavy (non-hydrogen) atoms. The van der Waals surface area contributed by atoms with Gasteiger partial charge in [-0.2, -0.15) is 0 Å². The van der Waals surface area contributed by atoms with Gasteiger partial charge in [-0.25, -0.2) is 0 Å². The van der Waals surface area contributed by atoms with Crippen LogP contribution in [0.25, 0.3) is 0 Å². The van der Waals surface area contributed by atoms with E-state index in [2.05, 4.69) is 30.3 Å². The average Bonchev–Trinajstić information content (AvgIpc) is 2.62. The van der Waals surface area contributed by atoms with Crippen molar-refractivity contribution >= 4 is 5.78 Å². The third kappa shape index (κ3) is 6.74. The fourth-order valence-corrected chi connectivity index (χ4v) is 3.55. The van der Waals surface area contributed by atoms with Crippen LogP contribution in [0.15, 0.2) is 30.3 Å². The molecule has 2 rings (SSSR count). The Morgan fingerprint density at radius 3 is 2.42 bits per heavy atom. The standard InChI is InChI=1S/C21H32O3/c1-2-23-16-17-24-18-21(14-11-20(22)12-15-21)13-7-6-10-19-8-4-3-5-9-19/h3-5,8-9H,2,6-7,10-18H2,1H3. The summed E-state index contributed by atoms with van der Waals surface area (Å²) in [5.74, 6) is 0.421. The van der Waals surface area contributed by atoms with E-state index in [0.29, 0.717) is 19.0 Å². The van der Waals surface area contributed by atoms with Gasteiger partial charge in [-0.1, -0.05) is 36.8 Å². The molecule has 1 fully saturated rings. The van der Waals surface area contributed by atoms with Crippen molar-refractivity contribution in [1.29, 1.82) is 0 Å². The van der Waals surface area contributed by atoms with E-state index in [9.17, 15) is 4.79 Å². The number of unbranched alkanes of at least 4 members (excludes halogenated alkanes) is 1. The van der Waals surface area contributed by atoms with Crippen molar-refractivity contribution in [2.45, 2.75) is 58.3 Å². The number of ketones is 1. The van der Waals surface area contributed by atoms with Crippen molar-refractivity contribution < 1.29 is 14.3 Å².